The number of benzene rings is 2. The van der Waals surface area contributed by atoms with Crippen LogP contribution in [0.1, 0.15) is 53.0 Å². The highest BCUT2D eigenvalue weighted by Gasteiger charge is 2.35. The first-order valence-electron chi connectivity index (χ1n) is 10.0. The van der Waals surface area contributed by atoms with Crippen molar-refractivity contribution < 1.29 is 19.1 Å². The van der Waals surface area contributed by atoms with Gasteiger partial charge in [0.2, 0.25) is 5.91 Å². The number of rotatable bonds is 9. The summed E-state index contributed by atoms with van der Waals surface area (Å²) in [4.78, 5) is 38.1. The van der Waals surface area contributed by atoms with Gasteiger partial charge in [-0.15, -0.1) is 0 Å². The van der Waals surface area contributed by atoms with Crippen molar-refractivity contribution in [1.29, 1.82) is 0 Å². The first-order valence-corrected chi connectivity index (χ1v) is 10.8. The molecule has 158 valence electrons. The number of imide groups is 1. The maximum atomic E-state index is 12.4. The minimum Gasteiger partial charge on any atom is -0.491 e. The van der Waals surface area contributed by atoms with E-state index in [0.717, 1.165) is 22.2 Å². The van der Waals surface area contributed by atoms with Gasteiger partial charge in [0, 0.05) is 24.0 Å². The first kappa shape index (κ1) is 22.0. The molecule has 1 heterocycles. The molecule has 0 spiro atoms. The van der Waals surface area contributed by atoms with Crippen LogP contribution in [0.5, 0.6) is 5.75 Å². The molecule has 0 radical (unpaired) electrons. The Kier molecular flexibility index (Phi) is 7.26. The fraction of sp³-hybridized carbons (Fsp3) is 0.348. The summed E-state index contributed by atoms with van der Waals surface area (Å²) in [6.45, 7) is 4.73. The Hall–Kier alpha value is -2.67. The Morgan fingerprint density at radius 3 is 2.47 bits per heavy atom. The van der Waals surface area contributed by atoms with Crippen molar-refractivity contribution in [2.45, 2.75) is 39.2 Å². The zero-order valence-electron chi connectivity index (χ0n) is 17.1. The van der Waals surface area contributed by atoms with Gasteiger partial charge >= 0.3 is 0 Å². The van der Waals surface area contributed by atoms with Gasteiger partial charge in [0.1, 0.15) is 5.75 Å². The Balaban J connectivity index is 1.38. The Labute approximate surface area is 184 Å². The van der Waals surface area contributed by atoms with E-state index >= 15 is 0 Å². The van der Waals surface area contributed by atoms with Gasteiger partial charge in [0.05, 0.1) is 17.2 Å². The fourth-order valence-corrected chi connectivity index (χ4v) is 3.67. The lowest BCUT2D eigenvalue weighted by atomic mass is 10.1. The molecule has 0 atom stereocenters. The minimum absolute atomic E-state index is 0.0888. The van der Waals surface area contributed by atoms with E-state index in [4.69, 9.17) is 4.74 Å². The zero-order valence-corrected chi connectivity index (χ0v) is 18.7. The van der Waals surface area contributed by atoms with Crippen molar-refractivity contribution in [2.24, 2.45) is 0 Å². The predicted octanol–water partition coefficient (Wildman–Crippen LogP) is 3.97. The van der Waals surface area contributed by atoms with Crippen LogP contribution in [0, 0.1) is 0 Å². The van der Waals surface area contributed by atoms with Crippen LogP contribution < -0.4 is 10.1 Å². The van der Waals surface area contributed by atoms with E-state index < -0.39 is 0 Å². The van der Waals surface area contributed by atoms with E-state index in [0.29, 0.717) is 24.1 Å². The van der Waals surface area contributed by atoms with Crippen LogP contribution >= 0.6 is 15.9 Å². The molecular weight excluding hydrogens is 448 g/mol. The Morgan fingerprint density at radius 2 is 1.77 bits per heavy atom. The van der Waals surface area contributed by atoms with Gasteiger partial charge in [-0.05, 0) is 62.6 Å². The number of carbonyl (C=O) groups is 3. The number of halogens is 1. The topological polar surface area (TPSA) is 75.7 Å². The van der Waals surface area contributed by atoms with Crippen LogP contribution in [0.15, 0.2) is 46.9 Å². The van der Waals surface area contributed by atoms with Crippen LogP contribution in [0.3, 0.4) is 0 Å². The second-order valence-electron chi connectivity index (χ2n) is 7.47. The SMILES string of the molecule is CC(C)Oc1ccc(CCNC(=O)CCCN2C(=O)c3ccc(Br)cc3C2=O)cc1. The molecule has 30 heavy (non-hydrogen) atoms. The molecule has 1 N–H and O–H groups in total. The van der Waals surface area contributed by atoms with Gasteiger partial charge in [0.15, 0.2) is 0 Å². The van der Waals surface area contributed by atoms with E-state index in [-0.39, 0.29) is 36.8 Å². The van der Waals surface area contributed by atoms with Crippen molar-refractivity contribution in [3.8, 4) is 5.75 Å². The largest absolute Gasteiger partial charge is 0.491 e. The Bertz CT molecular complexity index is 941. The minimum atomic E-state index is -0.304. The highest BCUT2D eigenvalue weighted by Crippen LogP contribution is 2.26. The Morgan fingerprint density at radius 1 is 1.07 bits per heavy atom. The molecule has 0 bridgehead atoms. The van der Waals surface area contributed by atoms with E-state index in [9.17, 15) is 14.4 Å². The number of hydrogen-bond acceptors (Lipinski definition) is 4. The summed E-state index contributed by atoms with van der Waals surface area (Å²) in [5.41, 5.74) is 1.93. The average molecular weight is 473 g/mol. The van der Waals surface area contributed by atoms with Crippen LogP contribution in [0.4, 0.5) is 0 Å². The van der Waals surface area contributed by atoms with Gasteiger partial charge in [-0.3, -0.25) is 19.3 Å². The van der Waals surface area contributed by atoms with E-state index in [1.807, 2.05) is 38.1 Å². The summed E-state index contributed by atoms with van der Waals surface area (Å²) in [6.07, 6.45) is 1.55. The third kappa shape index (κ3) is 5.48. The normalized spacial score (nSPS) is 13.0. The van der Waals surface area contributed by atoms with Crippen molar-refractivity contribution in [1.82, 2.24) is 10.2 Å². The van der Waals surface area contributed by atoms with Crippen molar-refractivity contribution in [3.63, 3.8) is 0 Å². The molecule has 0 fully saturated rings. The van der Waals surface area contributed by atoms with E-state index in [2.05, 4.69) is 21.2 Å². The van der Waals surface area contributed by atoms with Gasteiger partial charge in [-0.2, -0.15) is 0 Å². The summed E-state index contributed by atoms with van der Waals surface area (Å²) in [6, 6.07) is 12.9. The lowest BCUT2D eigenvalue weighted by Crippen LogP contribution is -2.32. The highest BCUT2D eigenvalue weighted by molar-refractivity contribution is 9.10. The predicted molar refractivity (Wildman–Crippen MR) is 118 cm³/mol. The number of carbonyl (C=O) groups excluding carboxylic acids is 3. The second-order valence-corrected chi connectivity index (χ2v) is 8.38. The summed E-state index contributed by atoms with van der Waals surface area (Å²) in [7, 11) is 0. The monoisotopic (exact) mass is 472 g/mol. The van der Waals surface area contributed by atoms with Crippen molar-refractivity contribution in [3.05, 3.63) is 63.6 Å². The standard InChI is InChI=1S/C23H25BrN2O4/c1-15(2)30-18-8-5-16(6-9-18)11-12-25-21(27)4-3-13-26-22(28)19-10-7-17(24)14-20(19)23(26)29/h5-10,14-15H,3-4,11-13H2,1-2H3,(H,25,27). The van der Waals surface area contributed by atoms with Crippen LogP contribution in [0.25, 0.3) is 0 Å². The molecule has 3 rings (SSSR count). The molecule has 2 aromatic rings. The number of nitrogens with zero attached hydrogens (tertiary/aromatic N) is 1. The molecule has 7 heteroatoms. The first-order chi connectivity index (χ1) is 14.3. The number of fused-ring (bicyclic) bond motifs is 1. The van der Waals surface area contributed by atoms with Gasteiger partial charge in [-0.25, -0.2) is 0 Å². The van der Waals surface area contributed by atoms with Crippen LogP contribution in [-0.4, -0.2) is 41.8 Å². The summed E-state index contributed by atoms with van der Waals surface area (Å²) in [5.74, 6) is 0.141. The molecule has 0 aromatic heterocycles. The van der Waals surface area contributed by atoms with E-state index in [1.54, 1.807) is 18.2 Å². The van der Waals surface area contributed by atoms with Crippen molar-refractivity contribution in [2.75, 3.05) is 13.1 Å². The number of amides is 3. The summed E-state index contributed by atoms with van der Waals surface area (Å²) < 4.78 is 6.37. The molecule has 2 aromatic carbocycles. The lowest BCUT2D eigenvalue weighted by Gasteiger charge is -2.13. The molecule has 0 unspecified atom stereocenters. The van der Waals surface area contributed by atoms with Gasteiger partial charge in [-0.1, -0.05) is 28.1 Å². The second kappa shape index (κ2) is 9.89. The number of ether oxygens (including phenoxy) is 1. The molecule has 1 aliphatic heterocycles. The molecule has 3 amide bonds. The number of hydrogen-bond donors (Lipinski definition) is 1. The third-order valence-corrected chi connectivity index (χ3v) is 5.24. The summed E-state index contributed by atoms with van der Waals surface area (Å²) >= 11 is 3.32. The third-order valence-electron chi connectivity index (χ3n) is 4.75. The molecule has 1 aliphatic rings. The summed E-state index contributed by atoms with van der Waals surface area (Å²) in [5, 5.41) is 2.89. The van der Waals surface area contributed by atoms with Crippen LogP contribution in [0.2, 0.25) is 0 Å². The van der Waals surface area contributed by atoms with E-state index in [1.165, 1.54) is 4.90 Å². The molecule has 0 aliphatic carbocycles. The molecule has 6 nitrogen and oxygen atoms in total. The lowest BCUT2D eigenvalue weighted by molar-refractivity contribution is -0.121. The highest BCUT2D eigenvalue weighted by atomic mass is 79.9. The zero-order chi connectivity index (χ0) is 21.7. The van der Waals surface area contributed by atoms with Gasteiger partial charge < -0.3 is 10.1 Å². The average Bonchev–Trinajstić information content (AvgIpc) is 2.93. The van der Waals surface area contributed by atoms with Crippen molar-refractivity contribution >= 4 is 33.7 Å². The molecule has 0 saturated carbocycles. The quantitative estimate of drug-likeness (QED) is 0.560. The maximum absolute atomic E-state index is 12.4. The maximum Gasteiger partial charge on any atom is 0.261 e. The van der Waals surface area contributed by atoms with Crippen LogP contribution in [-0.2, 0) is 11.2 Å². The smallest absolute Gasteiger partial charge is 0.261 e. The number of nitrogens with one attached hydrogen (secondary N) is 1. The van der Waals surface area contributed by atoms with Gasteiger partial charge in [0.25, 0.3) is 11.8 Å². The fourth-order valence-electron chi connectivity index (χ4n) is 3.31. The molecular formula is C23H25BrN2O4. The molecule has 0 saturated heterocycles.